The van der Waals surface area contributed by atoms with E-state index in [1.165, 1.54) is 24.4 Å². The predicted molar refractivity (Wildman–Crippen MR) is 106 cm³/mol. The van der Waals surface area contributed by atoms with Gasteiger partial charge in [0, 0.05) is 49.1 Å². The molecule has 0 bridgehead atoms. The lowest BCUT2D eigenvalue weighted by atomic mass is 10.1. The van der Waals surface area contributed by atoms with Gasteiger partial charge in [0.2, 0.25) is 5.88 Å². The lowest BCUT2D eigenvalue weighted by molar-refractivity contribution is -0.0966. The molecule has 1 aliphatic rings. The number of halogens is 4. The van der Waals surface area contributed by atoms with Crippen LogP contribution in [-0.2, 0) is 17.7 Å². The van der Waals surface area contributed by atoms with Gasteiger partial charge < -0.3 is 14.8 Å². The lowest BCUT2D eigenvalue weighted by Gasteiger charge is -2.11. The van der Waals surface area contributed by atoms with Gasteiger partial charge in [-0.25, -0.2) is 4.98 Å². The van der Waals surface area contributed by atoms with Crippen LogP contribution in [0.4, 0.5) is 17.6 Å². The van der Waals surface area contributed by atoms with E-state index < -0.39 is 13.2 Å². The highest BCUT2D eigenvalue weighted by Crippen LogP contribution is 2.23. The summed E-state index contributed by atoms with van der Waals surface area (Å²) in [5, 5.41) is 3.01. The largest absolute Gasteiger partial charge is 0.439 e. The Morgan fingerprint density at radius 2 is 1.84 bits per heavy atom. The predicted octanol–water partition coefficient (Wildman–Crippen LogP) is 4.24. The second kappa shape index (κ2) is 10.7. The van der Waals surface area contributed by atoms with Crippen molar-refractivity contribution in [1.82, 2.24) is 15.3 Å². The van der Waals surface area contributed by atoms with Gasteiger partial charge in [0.25, 0.3) is 0 Å². The van der Waals surface area contributed by atoms with E-state index in [0.29, 0.717) is 29.9 Å². The molecule has 164 valence electrons. The van der Waals surface area contributed by atoms with E-state index in [2.05, 4.69) is 29.8 Å². The third-order valence-electron chi connectivity index (χ3n) is 4.23. The SMILES string of the molecule is CNCc1ccc(CC2=CC=C(OC(F)F)CC(c3ccnc(OC(F)F)c3)=N2)cn1. The number of rotatable bonds is 9. The fourth-order valence-electron chi connectivity index (χ4n) is 2.92. The zero-order valence-corrected chi connectivity index (χ0v) is 16.6. The molecular formula is C21H20F4N4O2. The summed E-state index contributed by atoms with van der Waals surface area (Å²) in [7, 11) is 1.82. The third-order valence-corrected chi connectivity index (χ3v) is 4.23. The molecule has 2 aromatic rings. The number of aromatic nitrogens is 2. The number of nitrogens with zero attached hydrogens (tertiary/aromatic N) is 3. The van der Waals surface area contributed by atoms with E-state index in [1.807, 2.05) is 19.2 Å². The van der Waals surface area contributed by atoms with Crippen LogP contribution >= 0.6 is 0 Å². The minimum Gasteiger partial charge on any atom is -0.439 e. The zero-order chi connectivity index (χ0) is 22.2. The molecule has 10 heteroatoms. The quantitative estimate of drug-likeness (QED) is 0.596. The van der Waals surface area contributed by atoms with Crippen LogP contribution in [0.15, 0.2) is 65.3 Å². The molecule has 3 heterocycles. The van der Waals surface area contributed by atoms with Crippen molar-refractivity contribution in [3.05, 3.63) is 77.1 Å². The van der Waals surface area contributed by atoms with E-state index >= 15 is 0 Å². The molecule has 0 fully saturated rings. The summed E-state index contributed by atoms with van der Waals surface area (Å²) in [4.78, 5) is 12.6. The molecule has 6 nitrogen and oxygen atoms in total. The number of pyridine rings is 2. The fraction of sp³-hybridized carbons (Fsp3) is 0.286. The van der Waals surface area contributed by atoms with Crippen LogP contribution in [-0.4, -0.2) is 36.0 Å². The summed E-state index contributed by atoms with van der Waals surface area (Å²) in [6, 6.07) is 6.60. The van der Waals surface area contributed by atoms with Gasteiger partial charge in [0.1, 0.15) is 5.76 Å². The number of hydrogen-bond acceptors (Lipinski definition) is 6. The Labute approximate surface area is 176 Å². The molecule has 3 rings (SSSR count). The minimum atomic E-state index is -3.04. The Balaban J connectivity index is 1.89. The maximum atomic E-state index is 12.8. The van der Waals surface area contributed by atoms with Gasteiger partial charge in [0.05, 0.1) is 11.4 Å². The molecule has 31 heavy (non-hydrogen) atoms. The second-order valence-corrected chi connectivity index (χ2v) is 6.53. The minimum absolute atomic E-state index is 0.000571. The molecule has 0 atom stereocenters. The highest BCUT2D eigenvalue weighted by molar-refractivity contribution is 6.02. The van der Waals surface area contributed by atoms with Crippen LogP contribution in [0.25, 0.3) is 0 Å². The third kappa shape index (κ3) is 6.88. The average molecular weight is 436 g/mol. The van der Waals surface area contributed by atoms with Crippen molar-refractivity contribution in [3.8, 4) is 5.88 Å². The molecule has 0 saturated heterocycles. The maximum absolute atomic E-state index is 12.8. The molecule has 2 aromatic heterocycles. The number of ether oxygens (including phenoxy) is 2. The number of hydrogen-bond donors (Lipinski definition) is 1. The number of alkyl halides is 4. The Bertz CT molecular complexity index is 976. The highest BCUT2D eigenvalue weighted by atomic mass is 19.3. The van der Waals surface area contributed by atoms with Gasteiger partial charge in [-0.3, -0.25) is 9.98 Å². The monoisotopic (exact) mass is 436 g/mol. The lowest BCUT2D eigenvalue weighted by Crippen LogP contribution is -2.09. The van der Waals surface area contributed by atoms with Crippen LogP contribution < -0.4 is 10.1 Å². The summed E-state index contributed by atoms with van der Waals surface area (Å²) in [5.74, 6) is -0.297. The van der Waals surface area contributed by atoms with Crippen LogP contribution in [0.5, 0.6) is 5.88 Å². The first-order chi connectivity index (χ1) is 14.9. The molecule has 0 aliphatic carbocycles. The summed E-state index contributed by atoms with van der Waals surface area (Å²) < 4.78 is 59.5. The van der Waals surface area contributed by atoms with E-state index in [-0.39, 0.29) is 18.1 Å². The summed E-state index contributed by atoms with van der Waals surface area (Å²) in [6.45, 7) is -5.40. The Morgan fingerprint density at radius 1 is 1.03 bits per heavy atom. The van der Waals surface area contributed by atoms with Crippen LogP contribution in [0.1, 0.15) is 23.2 Å². The van der Waals surface area contributed by atoms with Crippen LogP contribution in [0, 0.1) is 0 Å². The molecule has 1 aliphatic heterocycles. The molecular weight excluding hydrogens is 416 g/mol. The van der Waals surface area contributed by atoms with Gasteiger partial charge in [-0.15, -0.1) is 0 Å². The van der Waals surface area contributed by atoms with E-state index in [9.17, 15) is 17.6 Å². The number of aliphatic imine (C=N–C) groups is 1. The second-order valence-electron chi connectivity index (χ2n) is 6.53. The van der Waals surface area contributed by atoms with Crippen molar-refractivity contribution in [3.63, 3.8) is 0 Å². The van der Waals surface area contributed by atoms with E-state index in [1.54, 1.807) is 12.3 Å². The summed E-state index contributed by atoms with van der Waals surface area (Å²) >= 11 is 0. The molecule has 0 spiro atoms. The van der Waals surface area contributed by atoms with Crippen molar-refractivity contribution in [1.29, 1.82) is 0 Å². The van der Waals surface area contributed by atoms with E-state index in [4.69, 9.17) is 0 Å². The first-order valence-corrected chi connectivity index (χ1v) is 9.34. The Kier molecular flexibility index (Phi) is 7.71. The average Bonchev–Trinajstić information content (AvgIpc) is 2.91. The Hall–Kier alpha value is -3.27. The first kappa shape index (κ1) is 22.4. The molecule has 0 saturated carbocycles. The van der Waals surface area contributed by atoms with Gasteiger partial charge in [-0.05, 0) is 36.9 Å². The molecule has 0 amide bonds. The van der Waals surface area contributed by atoms with Gasteiger partial charge >= 0.3 is 13.2 Å². The molecule has 1 N–H and O–H groups in total. The fourth-order valence-corrected chi connectivity index (χ4v) is 2.92. The first-order valence-electron chi connectivity index (χ1n) is 9.34. The standard InChI is InChI=1S/C21H20F4N4O2/c1-26-12-16-3-2-13(11-28-16)8-15-4-5-17(30-20(22)23)10-18(29-15)14-6-7-27-19(9-14)31-21(24)25/h2-7,9,11,20-21,26H,8,10,12H2,1H3. The maximum Gasteiger partial charge on any atom is 0.388 e. The van der Waals surface area contributed by atoms with Crippen LogP contribution in [0.2, 0.25) is 0 Å². The van der Waals surface area contributed by atoms with Gasteiger partial charge in [-0.1, -0.05) is 6.07 Å². The number of nitrogens with one attached hydrogen (secondary N) is 1. The van der Waals surface area contributed by atoms with Crippen molar-refractivity contribution in [2.75, 3.05) is 7.05 Å². The van der Waals surface area contributed by atoms with E-state index in [0.717, 1.165) is 11.3 Å². The van der Waals surface area contributed by atoms with Crippen LogP contribution in [0.3, 0.4) is 0 Å². The van der Waals surface area contributed by atoms with Crippen molar-refractivity contribution >= 4 is 5.71 Å². The molecule has 0 unspecified atom stereocenters. The van der Waals surface area contributed by atoms with Gasteiger partial charge in [0.15, 0.2) is 0 Å². The molecule has 0 aromatic carbocycles. The highest BCUT2D eigenvalue weighted by Gasteiger charge is 2.17. The Morgan fingerprint density at radius 3 is 2.52 bits per heavy atom. The normalized spacial score (nSPS) is 14.1. The van der Waals surface area contributed by atoms with Crippen molar-refractivity contribution in [2.45, 2.75) is 32.6 Å². The summed E-state index contributed by atoms with van der Waals surface area (Å²) in [6.07, 6.45) is 6.35. The topological polar surface area (TPSA) is 68.6 Å². The molecule has 0 radical (unpaired) electrons. The van der Waals surface area contributed by atoms with Crippen molar-refractivity contribution < 1.29 is 27.0 Å². The smallest absolute Gasteiger partial charge is 0.388 e. The van der Waals surface area contributed by atoms with Crippen molar-refractivity contribution in [2.24, 2.45) is 4.99 Å². The zero-order valence-electron chi connectivity index (χ0n) is 16.6. The number of allylic oxidation sites excluding steroid dienone is 4. The van der Waals surface area contributed by atoms with Gasteiger partial charge in [-0.2, -0.15) is 17.6 Å². The summed E-state index contributed by atoms with van der Waals surface area (Å²) in [5.41, 5.74) is 3.08.